The first kappa shape index (κ1) is 13.6. The molecule has 3 aliphatic heterocycles. The second kappa shape index (κ2) is 5.07. The molecular weight excluding hydrogens is 284 g/mol. The van der Waals surface area contributed by atoms with Crippen molar-refractivity contribution in [3.63, 3.8) is 0 Å². The third kappa shape index (κ3) is 2.26. The summed E-state index contributed by atoms with van der Waals surface area (Å²) in [7, 11) is 0. The summed E-state index contributed by atoms with van der Waals surface area (Å²) in [6.45, 7) is 3.53. The van der Waals surface area contributed by atoms with Crippen molar-refractivity contribution in [2.75, 3.05) is 25.0 Å². The van der Waals surface area contributed by atoms with E-state index in [1.54, 1.807) is 0 Å². The van der Waals surface area contributed by atoms with E-state index in [-0.39, 0.29) is 11.8 Å². The van der Waals surface area contributed by atoms with Crippen molar-refractivity contribution in [2.45, 2.75) is 12.8 Å². The Morgan fingerprint density at radius 2 is 1.70 bits per heavy atom. The highest BCUT2D eigenvalue weighted by atomic mass is 16.1. The molecule has 118 valence electrons. The largest absolute Gasteiger partial charge is 0.326 e. The van der Waals surface area contributed by atoms with Crippen LogP contribution in [-0.4, -0.2) is 30.4 Å². The number of benzene rings is 2. The van der Waals surface area contributed by atoms with E-state index in [4.69, 9.17) is 0 Å². The average Bonchev–Trinajstić information content (AvgIpc) is 2.53. The Morgan fingerprint density at radius 3 is 2.43 bits per heavy atom. The molecule has 0 aromatic heterocycles. The number of carbonyl (C=O) groups is 1. The third-order valence-corrected chi connectivity index (χ3v) is 6.11. The van der Waals surface area contributed by atoms with Crippen molar-refractivity contribution in [1.82, 2.24) is 4.90 Å². The smallest absolute Gasteiger partial charge is 0.228 e. The molecule has 6 rings (SSSR count). The maximum absolute atomic E-state index is 12.9. The molecule has 0 radical (unpaired) electrons. The van der Waals surface area contributed by atoms with Crippen LogP contribution in [0.2, 0.25) is 0 Å². The molecule has 4 bridgehead atoms. The van der Waals surface area contributed by atoms with Crippen molar-refractivity contribution in [3.8, 4) is 0 Å². The predicted molar refractivity (Wildman–Crippen MR) is 92.2 cm³/mol. The normalized spacial score (nSPS) is 34.7. The lowest BCUT2D eigenvalue weighted by Gasteiger charge is -2.55. The van der Waals surface area contributed by atoms with E-state index in [0.717, 1.165) is 24.7 Å². The number of nitrogens with one attached hydrogen (secondary N) is 1. The van der Waals surface area contributed by atoms with Gasteiger partial charge in [-0.1, -0.05) is 30.3 Å². The molecule has 2 atom stereocenters. The number of fused-ring (bicyclic) bond motifs is 1. The topological polar surface area (TPSA) is 32.3 Å². The van der Waals surface area contributed by atoms with Crippen LogP contribution in [0.1, 0.15) is 12.8 Å². The quantitative estimate of drug-likeness (QED) is 0.922. The van der Waals surface area contributed by atoms with Crippen LogP contribution in [0.25, 0.3) is 10.8 Å². The maximum Gasteiger partial charge on any atom is 0.228 e. The fraction of sp³-hybridized carbons (Fsp3) is 0.450. The summed E-state index contributed by atoms with van der Waals surface area (Å²) in [6.07, 6.45) is 2.51. The monoisotopic (exact) mass is 306 g/mol. The minimum atomic E-state index is 0.217. The number of nitrogens with zero attached hydrogens (tertiary/aromatic N) is 1. The molecule has 3 heteroatoms. The van der Waals surface area contributed by atoms with Gasteiger partial charge in [0.05, 0.1) is 0 Å². The SMILES string of the molecule is O=C(Nc1ccc2ccccc2c1)C1C2CC3CC1CN(C3)C2. The molecule has 4 fully saturated rings. The van der Waals surface area contributed by atoms with Crippen LogP contribution < -0.4 is 5.32 Å². The van der Waals surface area contributed by atoms with Gasteiger partial charge in [0.1, 0.15) is 0 Å². The summed E-state index contributed by atoms with van der Waals surface area (Å²) in [5, 5.41) is 5.60. The highest BCUT2D eigenvalue weighted by Crippen LogP contribution is 2.47. The Labute approximate surface area is 136 Å². The first-order chi connectivity index (χ1) is 11.3. The summed E-state index contributed by atoms with van der Waals surface area (Å²) in [4.78, 5) is 15.5. The van der Waals surface area contributed by atoms with Gasteiger partial charge >= 0.3 is 0 Å². The van der Waals surface area contributed by atoms with Crippen molar-refractivity contribution in [2.24, 2.45) is 23.7 Å². The number of carbonyl (C=O) groups excluding carboxylic acids is 1. The second-order valence-electron chi connectivity index (χ2n) is 7.65. The van der Waals surface area contributed by atoms with Crippen LogP contribution in [0.5, 0.6) is 0 Å². The molecule has 3 saturated heterocycles. The zero-order chi connectivity index (χ0) is 15.4. The summed E-state index contributed by atoms with van der Waals surface area (Å²) >= 11 is 0. The molecule has 4 aliphatic rings. The summed E-state index contributed by atoms with van der Waals surface area (Å²) in [6, 6.07) is 14.5. The molecule has 1 amide bonds. The molecule has 1 N–H and O–H groups in total. The molecule has 1 saturated carbocycles. The Balaban J connectivity index is 1.38. The van der Waals surface area contributed by atoms with Gasteiger partial charge in [-0.3, -0.25) is 4.79 Å². The summed E-state index contributed by atoms with van der Waals surface area (Å²) in [5.74, 6) is 2.45. The first-order valence-corrected chi connectivity index (χ1v) is 8.78. The Kier molecular flexibility index (Phi) is 2.99. The number of anilines is 1. The Bertz CT molecular complexity index is 741. The highest BCUT2D eigenvalue weighted by Gasteiger charge is 2.50. The van der Waals surface area contributed by atoms with Gasteiger partial charge in [0.15, 0.2) is 0 Å². The van der Waals surface area contributed by atoms with E-state index in [9.17, 15) is 4.79 Å². The first-order valence-electron chi connectivity index (χ1n) is 8.78. The van der Waals surface area contributed by atoms with E-state index in [2.05, 4.69) is 34.5 Å². The molecule has 0 spiro atoms. The van der Waals surface area contributed by atoms with Gasteiger partial charge in [-0.05, 0) is 53.5 Å². The summed E-state index contributed by atoms with van der Waals surface area (Å²) < 4.78 is 0. The minimum Gasteiger partial charge on any atom is -0.326 e. The van der Waals surface area contributed by atoms with E-state index < -0.39 is 0 Å². The molecule has 1 aliphatic carbocycles. The Morgan fingerprint density at radius 1 is 0.957 bits per heavy atom. The summed E-state index contributed by atoms with van der Waals surface area (Å²) in [5.41, 5.74) is 0.933. The highest BCUT2D eigenvalue weighted by molar-refractivity contribution is 5.96. The Hall–Kier alpha value is -1.87. The predicted octanol–water partition coefficient (Wildman–Crippen LogP) is 3.37. The van der Waals surface area contributed by atoms with Gasteiger partial charge in [0.25, 0.3) is 0 Å². The van der Waals surface area contributed by atoms with Gasteiger partial charge in [-0.25, -0.2) is 0 Å². The fourth-order valence-electron chi connectivity index (χ4n) is 5.33. The molecular formula is C20H22N2O. The van der Waals surface area contributed by atoms with Crippen LogP contribution in [0.4, 0.5) is 5.69 Å². The van der Waals surface area contributed by atoms with E-state index in [1.807, 2.05) is 18.2 Å². The second-order valence-corrected chi connectivity index (χ2v) is 7.65. The van der Waals surface area contributed by atoms with Crippen molar-refractivity contribution >= 4 is 22.4 Å². The lowest BCUT2D eigenvalue weighted by molar-refractivity contribution is -0.135. The van der Waals surface area contributed by atoms with Crippen LogP contribution in [-0.2, 0) is 4.79 Å². The maximum atomic E-state index is 12.9. The van der Waals surface area contributed by atoms with Gasteiger partial charge in [-0.2, -0.15) is 0 Å². The standard InChI is InChI=1S/C20H22N2O/c23-20(19-16-7-13-8-17(19)12-22(10-13)11-16)21-18-6-5-14-3-1-2-4-15(14)9-18/h1-6,9,13,16-17,19H,7-8,10-12H2,(H,21,23). The van der Waals surface area contributed by atoms with Crippen molar-refractivity contribution in [1.29, 1.82) is 0 Å². The van der Waals surface area contributed by atoms with Crippen LogP contribution >= 0.6 is 0 Å². The number of hydrogen-bond donors (Lipinski definition) is 1. The van der Waals surface area contributed by atoms with Crippen LogP contribution in [0, 0.1) is 23.7 Å². The molecule has 3 heterocycles. The zero-order valence-corrected chi connectivity index (χ0v) is 13.2. The number of hydrogen-bond acceptors (Lipinski definition) is 2. The zero-order valence-electron chi connectivity index (χ0n) is 13.2. The molecule has 3 nitrogen and oxygen atoms in total. The molecule has 23 heavy (non-hydrogen) atoms. The minimum absolute atomic E-state index is 0.217. The van der Waals surface area contributed by atoms with Crippen molar-refractivity contribution < 1.29 is 4.79 Å². The van der Waals surface area contributed by atoms with E-state index in [0.29, 0.717) is 11.8 Å². The fourth-order valence-corrected chi connectivity index (χ4v) is 5.33. The lowest BCUT2D eigenvalue weighted by Crippen LogP contribution is -2.60. The van der Waals surface area contributed by atoms with E-state index in [1.165, 1.54) is 30.2 Å². The third-order valence-electron chi connectivity index (χ3n) is 6.11. The van der Waals surface area contributed by atoms with E-state index >= 15 is 0 Å². The van der Waals surface area contributed by atoms with Crippen LogP contribution in [0.15, 0.2) is 42.5 Å². The number of piperidine rings is 3. The molecule has 2 aromatic carbocycles. The molecule has 2 unspecified atom stereocenters. The lowest BCUT2D eigenvalue weighted by atomic mass is 9.61. The average molecular weight is 306 g/mol. The van der Waals surface area contributed by atoms with Gasteiger partial charge in [-0.15, -0.1) is 0 Å². The van der Waals surface area contributed by atoms with Gasteiger partial charge < -0.3 is 10.2 Å². The number of amides is 1. The van der Waals surface area contributed by atoms with Crippen molar-refractivity contribution in [3.05, 3.63) is 42.5 Å². The molecule has 2 aromatic rings. The van der Waals surface area contributed by atoms with Gasteiger partial charge in [0.2, 0.25) is 5.91 Å². The van der Waals surface area contributed by atoms with Gasteiger partial charge in [0, 0.05) is 31.2 Å². The number of rotatable bonds is 2. The van der Waals surface area contributed by atoms with Crippen LogP contribution in [0.3, 0.4) is 0 Å².